The Balaban J connectivity index is 0.00000240. The summed E-state index contributed by atoms with van der Waals surface area (Å²) in [4.78, 5) is 44.0. The maximum Gasteiger partial charge on any atom is 0.254 e. The van der Waals surface area contributed by atoms with E-state index in [2.05, 4.69) is 10.3 Å². The van der Waals surface area contributed by atoms with E-state index in [0.29, 0.717) is 18.7 Å². The van der Waals surface area contributed by atoms with E-state index < -0.39 is 0 Å². The van der Waals surface area contributed by atoms with Crippen molar-refractivity contribution in [1.82, 2.24) is 20.1 Å². The molecule has 0 saturated carbocycles. The summed E-state index contributed by atoms with van der Waals surface area (Å²) in [5.41, 5.74) is 2.44. The summed E-state index contributed by atoms with van der Waals surface area (Å²) in [6, 6.07) is 11.0. The van der Waals surface area contributed by atoms with Gasteiger partial charge in [-0.2, -0.15) is 0 Å². The Labute approximate surface area is 175 Å². The van der Waals surface area contributed by atoms with Gasteiger partial charge in [0.1, 0.15) is 0 Å². The first kappa shape index (κ1) is 21.0. The topological polar surface area (TPSA) is 82.6 Å². The minimum absolute atomic E-state index is 0. The monoisotopic (exact) mass is 414 g/mol. The molecule has 1 unspecified atom stereocenters. The van der Waals surface area contributed by atoms with Crippen LogP contribution in [-0.2, 0) is 16.1 Å². The Morgan fingerprint density at radius 1 is 1.10 bits per heavy atom. The number of likely N-dealkylation sites (tertiary alicyclic amines) is 1. The van der Waals surface area contributed by atoms with E-state index in [1.807, 2.05) is 29.2 Å². The third-order valence-electron chi connectivity index (χ3n) is 5.27. The summed E-state index contributed by atoms with van der Waals surface area (Å²) in [6.45, 7) is 2.32. The van der Waals surface area contributed by atoms with Gasteiger partial charge >= 0.3 is 0 Å². The maximum atomic E-state index is 13.1. The maximum absolute atomic E-state index is 13.1. The molecular weight excluding hydrogens is 392 g/mol. The Hall–Kier alpha value is -2.77. The standard InChI is InChI=1S/C21H22N4O3.ClH/c26-19-7-8-20(27)25(19)14-15-3-5-16(6-4-15)21(28)24-11-10-23-13-18(24)17-2-1-9-22-12-17;/h1-6,9,12,18,23H,7-8,10-11,13-14H2;1H. The zero-order valence-electron chi connectivity index (χ0n) is 15.9. The predicted molar refractivity (Wildman–Crippen MR) is 109 cm³/mol. The summed E-state index contributed by atoms with van der Waals surface area (Å²) in [7, 11) is 0. The number of carbonyl (C=O) groups excluding carboxylic acids is 3. The average molecular weight is 415 g/mol. The van der Waals surface area contributed by atoms with E-state index in [9.17, 15) is 14.4 Å². The number of nitrogens with zero attached hydrogens (tertiary/aromatic N) is 3. The summed E-state index contributed by atoms with van der Waals surface area (Å²) in [6.07, 6.45) is 4.09. The van der Waals surface area contributed by atoms with Gasteiger partial charge in [0.25, 0.3) is 5.91 Å². The van der Waals surface area contributed by atoms with Gasteiger partial charge in [0.05, 0.1) is 12.6 Å². The summed E-state index contributed by atoms with van der Waals surface area (Å²) >= 11 is 0. The normalized spacial score (nSPS) is 19.2. The molecule has 1 N–H and O–H groups in total. The lowest BCUT2D eigenvalue weighted by atomic mass is 10.0. The number of carbonyl (C=O) groups is 3. The van der Waals surface area contributed by atoms with Crippen LogP contribution in [0.2, 0.25) is 0 Å². The zero-order valence-corrected chi connectivity index (χ0v) is 16.7. The molecule has 1 atom stereocenters. The van der Waals surface area contributed by atoms with Crippen molar-refractivity contribution < 1.29 is 14.4 Å². The highest BCUT2D eigenvalue weighted by Crippen LogP contribution is 2.24. The minimum atomic E-state index is -0.134. The molecule has 1 aromatic carbocycles. The summed E-state index contributed by atoms with van der Waals surface area (Å²) in [5, 5.41) is 3.34. The van der Waals surface area contributed by atoms with Crippen molar-refractivity contribution >= 4 is 30.1 Å². The van der Waals surface area contributed by atoms with Crippen LogP contribution in [0.25, 0.3) is 0 Å². The molecule has 2 aromatic rings. The van der Waals surface area contributed by atoms with Crippen LogP contribution in [0.3, 0.4) is 0 Å². The molecule has 2 aliphatic heterocycles. The predicted octanol–water partition coefficient (Wildman–Crippen LogP) is 1.94. The second kappa shape index (κ2) is 9.15. The molecular formula is C21H23ClN4O3. The molecule has 1 aromatic heterocycles. The van der Waals surface area contributed by atoms with Crippen LogP contribution < -0.4 is 5.32 Å². The number of amides is 3. The number of imide groups is 1. The van der Waals surface area contributed by atoms with Gasteiger partial charge in [-0.25, -0.2) is 0 Å². The average Bonchev–Trinajstić information content (AvgIpc) is 3.06. The van der Waals surface area contributed by atoms with Gasteiger partial charge < -0.3 is 10.2 Å². The van der Waals surface area contributed by atoms with Gasteiger partial charge in [-0.15, -0.1) is 12.4 Å². The second-order valence-corrected chi connectivity index (χ2v) is 7.08. The first-order valence-corrected chi connectivity index (χ1v) is 9.47. The Morgan fingerprint density at radius 3 is 2.48 bits per heavy atom. The van der Waals surface area contributed by atoms with Crippen molar-refractivity contribution in [2.45, 2.75) is 25.4 Å². The highest BCUT2D eigenvalue weighted by molar-refractivity contribution is 6.01. The van der Waals surface area contributed by atoms with Gasteiger partial charge in [-0.1, -0.05) is 18.2 Å². The van der Waals surface area contributed by atoms with Gasteiger partial charge in [0, 0.05) is 50.4 Å². The van der Waals surface area contributed by atoms with Crippen molar-refractivity contribution in [3.8, 4) is 0 Å². The number of halogens is 1. The Kier molecular flexibility index (Phi) is 6.61. The summed E-state index contributed by atoms with van der Waals surface area (Å²) < 4.78 is 0. The number of hydrogen-bond acceptors (Lipinski definition) is 5. The number of nitrogens with one attached hydrogen (secondary N) is 1. The molecule has 2 aliphatic rings. The largest absolute Gasteiger partial charge is 0.329 e. The van der Waals surface area contributed by atoms with Gasteiger partial charge in [0.15, 0.2) is 0 Å². The molecule has 0 aliphatic carbocycles. The first-order valence-electron chi connectivity index (χ1n) is 9.47. The van der Waals surface area contributed by atoms with Crippen molar-refractivity contribution in [1.29, 1.82) is 0 Å². The molecule has 0 radical (unpaired) electrons. The number of benzene rings is 1. The third kappa shape index (κ3) is 4.46. The van der Waals surface area contributed by atoms with Gasteiger partial charge in [-0.05, 0) is 29.3 Å². The fourth-order valence-corrected chi connectivity index (χ4v) is 3.72. The Morgan fingerprint density at radius 2 is 1.83 bits per heavy atom. The lowest BCUT2D eigenvalue weighted by molar-refractivity contribution is -0.139. The van der Waals surface area contributed by atoms with Crippen LogP contribution in [-0.4, -0.2) is 52.1 Å². The first-order chi connectivity index (χ1) is 13.6. The number of rotatable bonds is 4. The number of aromatic nitrogens is 1. The van der Waals surface area contributed by atoms with Crippen LogP contribution in [0.1, 0.15) is 40.4 Å². The minimum Gasteiger partial charge on any atom is -0.329 e. The molecule has 0 bridgehead atoms. The molecule has 4 rings (SSSR count). The van der Waals surface area contributed by atoms with E-state index in [4.69, 9.17) is 0 Å². The third-order valence-corrected chi connectivity index (χ3v) is 5.27. The highest BCUT2D eigenvalue weighted by atomic mass is 35.5. The smallest absolute Gasteiger partial charge is 0.254 e. The van der Waals surface area contributed by atoms with Crippen molar-refractivity contribution in [2.24, 2.45) is 0 Å². The lowest BCUT2D eigenvalue weighted by Gasteiger charge is -2.36. The zero-order chi connectivity index (χ0) is 19.5. The number of piperazine rings is 1. The van der Waals surface area contributed by atoms with Gasteiger partial charge in [-0.3, -0.25) is 24.3 Å². The number of hydrogen-bond donors (Lipinski definition) is 1. The van der Waals surface area contributed by atoms with E-state index in [-0.39, 0.29) is 55.6 Å². The quantitative estimate of drug-likeness (QED) is 0.773. The van der Waals surface area contributed by atoms with E-state index >= 15 is 0 Å². The van der Waals surface area contributed by atoms with Crippen LogP contribution in [0.5, 0.6) is 0 Å². The molecule has 8 heteroatoms. The van der Waals surface area contributed by atoms with E-state index in [0.717, 1.165) is 17.7 Å². The Bertz CT molecular complexity index is 873. The summed E-state index contributed by atoms with van der Waals surface area (Å²) in [5.74, 6) is -0.300. The highest BCUT2D eigenvalue weighted by Gasteiger charge is 2.30. The van der Waals surface area contributed by atoms with E-state index in [1.54, 1.807) is 24.5 Å². The SMILES string of the molecule is Cl.O=C1CCC(=O)N1Cc1ccc(C(=O)N2CCNCC2c2cccnc2)cc1. The van der Waals surface area contributed by atoms with E-state index in [1.165, 1.54) is 4.90 Å². The fourth-order valence-electron chi connectivity index (χ4n) is 3.72. The second-order valence-electron chi connectivity index (χ2n) is 7.08. The molecule has 7 nitrogen and oxygen atoms in total. The molecule has 2 fully saturated rings. The van der Waals surface area contributed by atoms with Gasteiger partial charge in [0.2, 0.25) is 11.8 Å². The molecule has 3 heterocycles. The number of pyridine rings is 1. The van der Waals surface area contributed by atoms with Crippen LogP contribution in [0.15, 0.2) is 48.8 Å². The lowest BCUT2D eigenvalue weighted by Crippen LogP contribution is -2.48. The molecule has 29 heavy (non-hydrogen) atoms. The van der Waals surface area contributed by atoms with Crippen LogP contribution >= 0.6 is 12.4 Å². The van der Waals surface area contributed by atoms with Crippen LogP contribution in [0.4, 0.5) is 0 Å². The fraction of sp³-hybridized carbons (Fsp3) is 0.333. The van der Waals surface area contributed by atoms with Crippen molar-refractivity contribution in [3.63, 3.8) is 0 Å². The van der Waals surface area contributed by atoms with Crippen molar-refractivity contribution in [2.75, 3.05) is 19.6 Å². The molecule has 2 saturated heterocycles. The molecule has 3 amide bonds. The molecule has 152 valence electrons. The van der Waals surface area contributed by atoms with Crippen LogP contribution in [0, 0.1) is 0 Å². The van der Waals surface area contributed by atoms with Crippen molar-refractivity contribution in [3.05, 3.63) is 65.5 Å². The molecule has 0 spiro atoms.